The van der Waals surface area contributed by atoms with Gasteiger partial charge in [0.15, 0.2) is 5.82 Å². The number of hydrogen-bond donors (Lipinski definition) is 0. The maximum Gasteiger partial charge on any atom is 0.153 e. The predicted octanol–water partition coefficient (Wildman–Crippen LogP) is 4.44. The van der Waals surface area contributed by atoms with Crippen molar-refractivity contribution >= 4 is 0 Å². The molecule has 0 bridgehead atoms. The van der Waals surface area contributed by atoms with Gasteiger partial charge >= 0.3 is 0 Å². The van der Waals surface area contributed by atoms with Crippen LogP contribution in [0.15, 0.2) is 73.4 Å². The first-order valence-corrected chi connectivity index (χ1v) is 7.89. The summed E-state index contributed by atoms with van der Waals surface area (Å²) in [6, 6.07) is 12.5. The predicted molar refractivity (Wildman–Crippen MR) is 94.7 cm³/mol. The van der Waals surface area contributed by atoms with Gasteiger partial charge in [-0.05, 0) is 60.0 Å². The molecule has 5 heteroatoms. The lowest BCUT2D eigenvalue weighted by atomic mass is 9.99. The molecule has 0 N–H and O–H groups in total. The van der Waals surface area contributed by atoms with E-state index in [0.29, 0.717) is 5.82 Å². The van der Waals surface area contributed by atoms with Gasteiger partial charge < -0.3 is 0 Å². The Morgan fingerprint density at radius 1 is 0.920 bits per heavy atom. The molecule has 4 nitrogen and oxygen atoms in total. The largest absolute Gasteiger partial charge is 0.264 e. The highest BCUT2D eigenvalue weighted by Crippen LogP contribution is 2.29. The summed E-state index contributed by atoms with van der Waals surface area (Å²) in [5.41, 5.74) is 4.36. The minimum atomic E-state index is -0.290. The molecule has 0 amide bonds. The number of aryl methyl sites for hydroxylation is 1. The zero-order valence-electron chi connectivity index (χ0n) is 13.6. The fraction of sp³-hybridized carbons (Fsp3) is 0.0500. The molecule has 0 aliphatic heterocycles. The average molecular weight is 330 g/mol. The maximum atomic E-state index is 14.2. The van der Waals surface area contributed by atoms with Crippen LogP contribution in [0.1, 0.15) is 5.56 Å². The zero-order chi connectivity index (χ0) is 17.2. The number of aromatic nitrogens is 4. The lowest BCUT2D eigenvalue weighted by molar-refractivity contribution is 0.629. The molecule has 122 valence electrons. The zero-order valence-corrected chi connectivity index (χ0v) is 13.6. The van der Waals surface area contributed by atoms with Crippen molar-refractivity contribution in [3.8, 4) is 28.1 Å². The van der Waals surface area contributed by atoms with E-state index in [1.54, 1.807) is 29.5 Å². The van der Waals surface area contributed by atoms with Crippen molar-refractivity contribution < 1.29 is 4.39 Å². The molecule has 0 atom stereocenters. The number of halogens is 1. The smallest absolute Gasteiger partial charge is 0.153 e. The molecule has 0 aliphatic carbocycles. The highest BCUT2D eigenvalue weighted by molar-refractivity contribution is 5.74. The SMILES string of the molecule is Cc1ccncc1-c1cc(F)cc(-c2cnn(-c3ccccn3)c2)c1. The van der Waals surface area contributed by atoms with Crippen LogP contribution in [-0.4, -0.2) is 19.7 Å². The second-order valence-corrected chi connectivity index (χ2v) is 5.78. The Bertz CT molecular complexity index is 1020. The molecule has 4 rings (SSSR count). The van der Waals surface area contributed by atoms with E-state index in [1.165, 1.54) is 12.1 Å². The lowest BCUT2D eigenvalue weighted by Crippen LogP contribution is -1.95. The van der Waals surface area contributed by atoms with Crippen molar-refractivity contribution in [1.82, 2.24) is 19.7 Å². The fourth-order valence-electron chi connectivity index (χ4n) is 2.76. The first kappa shape index (κ1) is 15.2. The number of nitrogens with zero attached hydrogens (tertiary/aromatic N) is 4. The van der Waals surface area contributed by atoms with Crippen LogP contribution in [0.25, 0.3) is 28.1 Å². The third kappa shape index (κ3) is 3.04. The summed E-state index contributed by atoms with van der Waals surface area (Å²) in [5, 5.41) is 4.33. The molecule has 4 aromatic rings. The average Bonchev–Trinajstić information content (AvgIpc) is 3.12. The van der Waals surface area contributed by atoms with Crippen molar-refractivity contribution in [3.05, 3.63) is 84.8 Å². The number of hydrogen-bond acceptors (Lipinski definition) is 3. The monoisotopic (exact) mass is 330 g/mol. The van der Waals surface area contributed by atoms with E-state index in [4.69, 9.17) is 0 Å². The van der Waals surface area contributed by atoms with E-state index < -0.39 is 0 Å². The van der Waals surface area contributed by atoms with Crippen LogP contribution >= 0.6 is 0 Å². The summed E-state index contributed by atoms with van der Waals surface area (Å²) in [6.45, 7) is 1.99. The van der Waals surface area contributed by atoms with Gasteiger partial charge in [-0.1, -0.05) is 6.07 Å². The molecule has 3 heterocycles. The molecule has 0 saturated heterocycles. The Labute approximate surface area is 144 Å². The standard InChI is InChI=1S/C20H15FN4/c1-14-5-7-22-12-19(14)16-8-15(9-18(21)10-16)17-11-24-25(13-17)20-4-2-3-6-23-20/h2-13H,1H3. The molecule has 1 aromatic carbocycles. The second kappa shape index (κ2) is 6.28. The van der Waals surface area contributed by atoms with E-state index in [1.807, 2.05) is 43.5 Å². The van der Waals surface area contributed by atoms with Crippen molar-refractivity contribution in [2.75, 3.05) is 0 Å². The summed E-state index contributed by atoms with van der Waals surface area (Å²) in [5.74, 6) is 0.426. The Morgan fingerprint density at radius 3 is 2.60 bits per heavy atom. The van der Waals surface area contributed by atoms with E-state index in [9.17, 15) is 4.39 Å². The Balaban J connectivity index is 1.77. The number of pyridine rings is 2. The normalized spacial score (nSPS) is 10.8. The van der Waals surface area contributed by atoms with Crippen LogP contribution in [-0.2, 0) is 0 Å². The molecule has 0 aliphatic rings. The number of benzene rings is 1. The molecule has 0 fully saturated rings. The molecule has 0 saturated carbocycles. The summed E-state index contributed by atoms with van der Waals surface area (Å²) >= 11 is 0. The van der Waals surface area contributed by atoms with Gasteiger partial charge in [0.05, 0.1) is 6.20 Å². The fourth-order valence-corrected chi connectivity index (χ4v) is 2.76. The molecular weight excluding hydrogens is 315 g/mol. The van der Waals surface area contributed by atoms with Gasteiger partial charge in [-0.2, -0.15) is 5.10 Å². The molecule has 25 heavy (non-hydrogen) atoms. The van der Waals surface area contributed by atoms with Crippen LogP contribution in [0.2, 0.25) is 0 Å². The highest BCUT2D eigenvalue weighted by Gasteiger charge is 2.10. The van der Waals surface area contributed by atoms with Crippen molar-refractivity contribution in [2.24, 2.45) is 0 Å². The van der Waals surface area contributed by atoms with Gasteiger partial charge in [0.25, 0.3) is 0 Å². The highest BCUT2D eigenvalue weighted by atomic mass is 19.1. The van der Waals surface area contributed by atoms with E-state index in [0.717, 1.165) is 27.8 Å². The van der Waals surface area contributed by atoms with Crippen molar-refractivity contribution in [2.45, 2.75) is 6.92 Å². The maximum absolute atomic E-state index is 14.2. The van der Waals surface area contributed by atoms with Crippen LogP contribution < -0.4 is 0 Å². The van der Waals surface area contributed by atoms with Gasteiger partial charge in [-0.3, -0.25) is 4.98 Å². The second-order valence-electron chi connectivity index (χ2n) is 5.78. The topological polar surface area (TPSA) is 43.6 Å². The van der Waals surface area contributed by atoms with Gasteiger partial charge in [0.1, 0.15) is 5.82 Å². The Kier molecular flexibility index (Phi) is 3.82. The van der Waals surface area contributed by atoms with Crippen molar-refractivity contribution in [1.29, 1.82) is 0 Å². The molecule has 0 spiro atoms. The van der Waals surface area contributed by atoms with Gasteiger partial charge in [-0.25, -0.2) is 14.1 Å². The van der Waals surface area contributed by atoms with E-state index in [-0.39, 0.29) is 5.82 Å². The van der Waals surface area contributed by atoms with Gasteiger partial charge in [-0.15, -0.1) is 0 Å². The quantitative estimate of drug-likeness (QED) is 0.557. The molecular formula is C20H15FN4. The van der Waals surface area contributed by atoms with E-state index >= 15 is 0 Å². The first-order chi connectivity index (χ1) is 12.2. The van der Waals surface area contributed by atoms with E-state index in [2.05, 4.69) is 15.1 Å². The molecule has 0 radical (unpaired) electrons. The van der Waals surface area contributed by atoms with Gasteiger partial charge in [0, 0.05) is 35.9 Å². The minimum Gasteiger partial charge on any atom is -0.264 e. The van der Waals surface area contributed by atoms with Crippen LogP contribution in [0.5, 0.6) is 0 Å². The van der Waals surface area contributed by atoms with Crippen LogP contribution in [0.3, 0.4) is 0 Å². The first-order valence-electron chi connectivity index (χ1n) is 7.89. The third-order valence-corrected chi connectivity index (χ3v) is 4.05. The summed E-state index contributed by atoms with van der Waals surface area (Å²) in [4.78, 5) is 8.42. The molecule has 0 unspecified atom stereocenters. The summed E-state index contributed by atoms with van der Waals surface area (Å²) < 4.78 is 15.9. The third-order valence-electron chi connectivity index (χ3n) is 4.05. The van der Waals surface area contributed by atoms with Gasteiger partial charge in [0.2, 0.25) is 0 Å². The Hall–Kier alpha value is -3.34. The summed E-state index contributed by atoms with van der Waals surface area (Å²) in [7, 11) is 0. The minimum absolute atomic E-state index is 0.290. The Morgan fingerprint density at radius 2 is 1.80 bits per heavy atom. The number of rotatable bonds is 3. The lowest BCUT2D eigenvalue weighted by Gasteiger charge is -2.07. The van der Waals surface area contributed by atoms with Crippen molar-refractivity contribution in [3.63, 3.8) is 0 Å². The summed E-state index contributed by atoms with van der Waals surface area (Å²) in [6.07, 6.45) is 8.75. The molecule has 3 aromatic heterocycles. The van der Waals surface area contributed by atoms with Crippen LogP contribution in [0.4, 0.5) is 4.39 Å². The van der Waals surface area contributed by atoms with Crippen LogP contribution in [0, 0.1) is 12.7 Å².